The average Bonchev–Trinajstić information content (AvgIpc) is 3.01. The zero-order valence-corrected chi connectivity index (χ0v) is 19.2. The number of imide groups is 1. The lowest BCUT2D eigenvalue weighted by molar-refractivity contribution is -0.384. The monoisotopic (exact) mass is 506 g/mol. The van der Waals surface area contributed by atoms with E-state index in [2.05, 4.69) is 15.9 Å². The van der Waals surface area contributed by atoms with Gasteiger partial charge in [-0.05, 0) is 59.7 Å². The highest BCUT2D eigenvalue weighted by Gasteiger charge is 2.34. The molecule has 162 valence electrons. The van der Waals surface area contributed by atoms with Crippen molar-refractivity contribution in [1.29, 1.82) is 0 Å². The summed E-state index contributed by atoms with van der Waals surface area (Å²) in [6.07, 6.45) is 2.34. The van der Waals surface area contributed by atoms with Crippen LogP contribution in [0.3, 0.4) is 0 Å². The zero-order chi connectivity index (χ0) is 22.5. The highest BCUT2D eigenvalue weighted by molar-refractivity contribution is 9.10. The predicted octanol–water partition coefficient (Wildman–Crippen LogP) is 5.39. The molecule has 8 nitrogen and oxygen atoms in total. The molecule has 0 unspecified atom stereocenters. The topological polar surface area (TPSA) is 99.0 Å². The number of rotatable bonds is 8. The molecule has 31 heavy (non-hydrogen) atoms. The van der Waals surface area contributed by atoms with Gasteiger partial charge in [-0.15, -0.1) is 0 Å². The molecular formula is C21H19BrN2O6S. The van der Waals surface area contributed by atoms with Crippen molar-refractivity contribution in [2.75, 3.05) is 13.7 Å². The number of non-ortho nitro benzene ring substituents is 1. The van der Waals surface area contributed by atoms with Crippen LogP contribution >= 0.6 is 27.7 Å². The van der Waals surface area contributed by atoms with Crippen LogP contribution in [0.1, 0.15) is 24.5 Å². The van der Waals surface area contributed by atoms with Gasteiger partial charge in [0.15, 0.2) is 11.5 Å². The van der Waals surface area contributed by atoms with Crippen LogP contribution in [0, 0.1) is 10.1 Å². The minimum Gasteiger partial charge on any atom is -0.493 e. The van der Waals surface area contributed by atoms with E-state index in [0.29, 0.717) is 39.4 Å². The largest absolute Gasteiger partial charge is 0.493 e. The Morgan fingerprint density at radius 3 is 2.52 bits per heavy atom. The number of carbonyl (C=O) groups is 2. The summed E-state index contributed by atoms with van der Waals surface area (Å²) in [5, 5.41) is 10.5. The van der Waals surface area contributed by atoms with Crippen LogP contribution in [0.25, 0.3) is 6.08 Å². The molecule has 0 aromatic heterocycles. The van der Waals surface area contributed by atoms with E-state index in [1.807, 2.05) is 6.92 Å². The molecule has 2 amide bonds. The normalized spacial score (nSPS) is 14.9. The molecular weight excluding hydrogens is 488 g/mol. The molecule has 1 heterocycles. The molecule has 1 fully saturated rings. The number of nitrogens with zero attached hydrogens (tertiary/aromatic N) is 2. The van der Waals surface area contributed by atoms with Crippen molar-refractivity contribution >= 4 is 50.6 Å². The van der Waals surface area contributed by atoms with Crippen molar-refractivity contribution in [2.45, 2.75) is 20.0 Å². The lowest BCUT2D eigenvalue weighted by atomic mass is 10.1. The van der Waals surface area contributed by atoms with Gasteiger partial charge in [0.1, 0.15) is 6.61 Å². The van der Waals surface area contributed by atoms with Crippen molar-refractivity contribution in [1.82, 2.24) is 4.90 Å². The van der Waals surface area contributed by atoms with E-state index in [1.54, 1.807) is 30.3 Å². The van der Waals surface area contributed by atoms with Crippen molar-refractivity contribution < 1.29 is 24.0 Å². The Morgan fingerprint density at radius 1 is 1.19 bits per heavy atom. The Hall–Kier alpha value is -2.85. The Labute approximate surface area is 191 Å². The van der Waals surface area contributed by atoms with E-state index in [1.165, 1.54) is 24.1 Å². The van der Waals surface area contributed by atoms with Crippen LogP contribution < -0.4 is 9.47 Å². The van der Waals surface area contributed by atoms with Gasteiger partial charge in [-0.1, -0.05) is 22.9 Å². The maximum absolute atomic E-state index is 12.5. The first kappa shape index (κ1) is 22.8. The molecule has 1 saturated heterocycles. The number of nitro groups is 1. The minimum atomic E-state index is -0.458. The molecule has 3 rings (SSSR count). The number of hydrogen-bond acceptors (Lipinski definition) is 7. The fourth-order valence-corrected chi connectivity index (χ4v) is 4.16. The number of amides is 2. The van der Waals surface area contributed by atoms with E-state index in [-0.39, 0.29) is 23.4 Å². The first-order valence-corrected chi connectivity index (χ1v) is 10.9. The molecule has 0 aliphatic carbocycles. The molecule has 0 N–H and O–H groups in total. The minimum absolute atomic E-state index is 0.0109. The molecule has 1 aliphatic heterocycles. The zero-order valence-electron chi connectivity index (χ0n) is 16.8. The van der Waals surface area contributed by atoms with Crippen molar-refractivity contribution in [3.8, 4) is 11.5 Å². The molecule has 1 aliphatic rings. The molecule has 2 aromatic rings. The average molecular weight is 507 g/mol. The lowest BCUT2D eigenvalue weighted by Gasteiger charge is -2.13. The van der Waals surface area contributed by atoms with Crippen molar-refractivity contribution in [3.63, 3.8) is 0 Å². The van der Waals surface area contributed by atoms with Gasteiger partial charge in [0.25, 0.3) is 16.8 Å². The smallest absolute Gasteiger partial charge is 0.293 e. The Bertz CT molecular complexity index is 1050. The number of thioether (sulfide) groups is 1. The fraction of sp³-hybridized carbons (Fsp3) is 0.238. The van der Waals surface area contributed by atoms with E-state index in [4.69, 9.17) is 9.47 Å². The standard InChI is InChI=1S/C21H19BrN2O6S/c1-3-8-23-20(25)19(31-21(23)26)10-14-9-17(29-2)18(11-16(14)22)30-12-13-4-6-15(7-5-13)24(27)28/h4-7,9-11H,3,8,12H2,1-2H3/b19-10+. The number of ether oxygens (including phenoxy) is 2. The molecule has 2 aromatic carbocycles. The summed E-state index contributed by atoms with van der Waals surface area (Å²) >= 11 is 4.39. The number of methoxy groups -OCH3 is 1. The van der Waals surface area contributed by atoms with Gasteiger partial charge < -0.3 is 9.47 Å². The van der Waals surface area contributed by atoms with Gasteiger partial charge in [0.2, 0.25) is 0 Å². The Kier molecular flexibility index (Phi) is 7.34. The number of benzene rings is 2. The van der Waals surface area contributed by atoms with Gasteiger partial charge in [0, 0.05) is 23.2 Å². The first-order chi connectivity index (χ1) is 14.8. The highest BCUT2D eigenvalue weighted by Crippen LogP contribution is 2.38. The fourth-order valence-electron chi connectivity index (χ4n) is 2.87. The second kappa shape index (κ2) is 9.97. The van der Waals surface area contributed by atoms with Crippen LogP contribution in [-0.4, -0.2) is 34.6 Å². The molecule has 0 bridgehead atoms. The van der Waals surface area contributed by atoms with Crippen LogP contribution in [0.2, 0.25) is 0 Å². The van der Waals surface area contributed by atoms with E-state index in [9.17, 15) is 19.7 Å². The second-order valence-electron chi connectivity index (χ2n) is 6.57. The Morgan fingerprint density at radius 2 is 1.90 bits per heavy atom. The number of nitro benzene ring substituents is 1. The molecule has 0 saturated carbocycles. The van der Waals surface area contributed by atoms with Crippen LogP contribution in [0.4, 0.5) is 10.5 Å². The maximum Gasteiger partial charge on any atom is 0.293 e. The van der Waals surface area contributed by atoms with Gasteiger partial charge in [-0.2, -0.15) is 0 Å². The van der Waals surface area contributed by atoms with Crippen LogP contribution in [-0.2, 0) is 11.4 Å². The van der Waals surface area contributed by atoms with Crippen LogP contribution in [0.15, 0.2) is 45.8 Å². The summed E-state index contributed by atoms with van der Waals surface area (Å²) in [4.78, 5) is 36.4. The van der Waals surface area contributed by atoms with Crippen molar-refractivity contribution in [3.05, 3.63) is 67.0 Å². The molecule has 10 heteroatoms. The van der Waals surface area contributed by atoms with E-state index < -0.39 is 4.92 Å². The number of halogens is 1. The summed E-state index contributed by atoms with van der Waals surface area (Å²) in [5.74, 6) is 0.606. The number of hydrogen-bond donors (Lipinski definition) is 0. The molecule has 0 radical (unpaired) electrons. The second-order valence-corrected chi connectivity index (χ2v) is 8.42. The maximum atomic E-state index is 12.5. The summed E-state index contributed by atoms with van der Waals surface area (Å²) in [6, 6.07) is 9.51. The van der Waals surface area contributed by atoms with E-state index >= 15 is 0 Å². The molecule has 0 spiro atoms. The Balaban J connectivity index is 1.79. The summed E-state index contributed by atoms with van der Waals surface area (Å²) in [7, 11) is 1.50. The predicted molar refractivity (Wildman–Crippen MR) is 121 cm³/mol. The summed E-state index contributed by atoms with van der Waals surface area (Å²) < 4.78 is 11.9. The quantitative estimate of drug-likeness (QED) is 0.268. The first-order valence-electron chi connectivity index (χ1n) is 9.33. The number of carbonyl (C=O) groups excluding carboxylic acids is 2. The summed E-state index contributed by atoms with van der Waals surface area (Å²) in [5.41, 5.74) is 1.44. The summed E-state index contributed by atoms with van der Waals surface area (Å²) in [6.45, 7) is 2.49. The van der Waals surface area contributed by atoms with Crippen molar-refractivity contribution in [2.24, 2.45) is 0 Å². The third-order valence-corrected chi connectivity index (χ3v) is 6.03. The highest BCUT2D eigenvalue weighted by atomic mass is 79.9. The third kappa shape index (κ3) is 5.26. The third-order valence-electron chi connectivity index (χ3n) is 4.43. The SMILES string of the molecule is CCCN1C(=O)S/C(=C/c2cc(OC)c(OCc3ccc([N+](=O)[O-])cc3)cc2Br)C1=O. The van der Waals surface area contributed by atoms with Crippen LogP contribution in [0.5, 0.6) is 11.5 Å². The van der Waals surface area contributed by atoms with Gasteiger partial charge >= 0.3 is 0 Å². The lowest BCUT2D eigenvalue weighted by Crippen LogP contribution is -2.28. The van der Waals surface area contributed by atoms with Gasteiger partial charge in [-0.25, -0.2) is 0 Å². The van der Waals surface area contributed by atoms with Gasteiger partial charge in [-0.3, -0.25) is 24.6 Å². The van der Waals surface area contributed by atoms with Gasteiger partial charge in [0.05, 0.1) is 16.9 Å². The molecule has 0 atom stereocenters. The van der Waals surface area contributed by atoms with E-state index in [0.717, 1.165) is 17.3 Å².